The Bertz CT molecular complexity index is 408. The fraction of sp³-hybridized carbons (Fsp3) is 1.00. The van der Waals surface area contributed by atoms with Crippen molar-refractivity contribution in [3.63, 3.8) is 0 Å². The second-order valence-electron chi connectivity index (χ2n) is 6.17. The highest BCUT2D eigenvalue weighted by molar-refractivity contribution is 7.86. The summed E-state index contributed by atoms with van der Waals surface area (Å²) in [5, 5.41) is 0. The first-order chi connectivity index (χ1) is 9.45. The third-order valence-corrected chi connectivity index (χ3v) is 6.84. The summed E-state index contributed by atoms with van der Waals surface area (Å²) in [4.78, 5) is 2.07. The number of rotatable bonds is 5. The Labute approximate surface area is 128 Å². The van der Waals surface area contributed by atoms with E-state index in [1.165, 1.54) is 0 Å². The molecule has 0 radical (unpaired) electrons. The van der Waals surface area contributed by atoms with Gasteiger partial charge in [-0.25, -0.2) is 0 Å². The van der Waals surface area contributed by atoms with Gasteiger partial charge in [0.25, 0.3) is 10.2 Å². The summed E-state index contributed by atoms with van der Waals surface area (Å²) in [6, 6.07) is 0.126. The van der Waals surface area contributed by atoms with Crippen LogP contribution in [-0.4, -0.2) is 74.1 Å². The average Bonchev–Trinajstić information content (AvgIpc) is 2.87. The highest BCUT2D eigenvalue weighted by Gasteiger charge is 2.39. The van der Waals surface area contributed by atoms with Crippen LogP contribution in [0.25, 0.3) is 0 Å². The molecule has 0 spiro atoms. The molecule has 1 unspecified atom stereocenters. The molecule has 5 nitrogen and oxygen atoms in total. The highest BCUT2D eigenvalue weighted by Crippen LogP contribution is 2.27. The lowest BCUT2D eigenvalue weighted by molar-refractivity contribution is 0.244. The minimum absolute atomic E-state index is 0.126. The van der Waals surface area contributed by atoms with Crippen molar-refractivity contribution in [1.29, 1.82) is 0 Å². The zero-order valence-corrected chi connectivity index (χ0v) is 14.0. The second-order valence-corrected chi connectivity index (χ2v) is 8.36. The van der Waals surface area contributed by atoms with Crippen LogP contribution in [0.15, 0.2) is 0 Å². The van der Waals surface area contributed by atoms with Crippen molar-refractivity contribution in [1.82, 2.24) is 13.5 Å². The van der Waals surface area contributed by atoms with Crippen LogP contribution in [0.4, 0.5) is 0 Å². The number of likely N-dealkylation sites (N-methyl/N-ethyl adjacent to an activating group) is 1. The third-order valence-electron chi connectivity index (χ3n) is 4.31. The van der Waals surface area contributed by atoms with Crippen LogP contribution in [0.2, 0.25) is 0 Å². The molecule has 2 rings (SSSR count). The summed E-state index contributed by atoms with van der Waals surface area (Å²) in [7, 11) is 0.699. The quantitative estimate of drug-likeness (QED) is 0.714. The SMILES string of the molecule is CN(C)CC1CCCN1S(=O)(=O)N1CCC(CCl)CC1. The van der Waals surface area contributed by atoms with Gasteiger partial charge in [-0.15, -0.1) is 11.6 Å². The van der Waals surface area contributed by atoms with Crippen LogP contribution in [0.5, 0.6) is 0 Å². The van der Waals surface area contributed by atoms with E-state index in [1.54, 1.807) is 8.61 Å². The monoisotopic (exact) mass is 323 g/mol. The normalized spacial score (nSPS) is 27.5. The molecule has 0 aromatic rings. The van der Waals surface area contributed by atoms with Crippen molar-refractivity contribution >= 4 is 21.8 Å². The lowest BCUT2D eigenvalue weighted by Crippen LogP contribution is -2.50. The maximum atomic E-state index is 12.8. The van der Waals surface area contributed by atoms with Gasteiger partial charge in [0.15, 0.2) is 0 Å². The van der Waals surface area contributed by atoms with Gasteiger partial charge < -0.3 is 4.90 Å². The lowest BCUT2D eigenvalue weighted by Gasteiger charge is -2.35. The largest absolute Gasteiger partial charge is 0.308 e. The van der Waals surface area contributed by atoms with Crippen molar-refractivity contribution in [3.8, 4) is 0 Å². The molecular formula is C13H26ClN3O2S. The van der Waals surface area contributed by atoms with Crippen molar-refractivity contribution in [2.24, 2.45) is 5.92 Å². The van der Waals surface area contributed by atoms with Gasteiger partial charge in [0.1, 0.15) is 0 Å². The van der Waals surface area contributed by atoms with Crippen LogP contribution < -0.4 is 0 Å². The molecule has 2 saturated heterocycles. The van der Waals surface area contributed by atoms with Gasteiger partial charge in [0.2, 0.25) is 0 Å². The first-order valence-corrected chi connectivity index (χ1v) is 9.36. The van der Waals surface area contributed by atoms with E-state index in [2.05, 4.69) is 4.90 Å². The van der Waals surface area contributed by atoms with E-state index in [9.17, 15) is 8.42 Å². The van der Waals surface area contributed by atoms with E-state index in [4.69, 9.17) is 11.6 Å². The molecule has 0 saturated carbocycles. The van der Waals surface area contributed by atoms with Crippen molar-refractivity contribution < 1.29 is 8.42 Å². The molecule has 2 heterocycles. The summed E-state index contributed by atoms with van der Waals surface area (Å²) < 4.78 is 28.9. The minimum Gasteiger partial charge on any atom is -0.308 e. The van der Waals surface area contributed by atoms with E-state index in [0.29, 0.717) is 31.4 Å². The Morgan fingerprint density at radius 3 is 2.35 bits per heavy atom. The lowest BCUT2D eigenvalue weighted by atomic mass is 10.0. The van der Waals surface area contributed by atoms with Crippen LogP contribution in [0.3, 0.4) is 0 Å². The van der Waals surface area contributed by atoms with Gasteiger partial charge in [-0.1, -0.05) is 0 Å². The van der Waals surface area contributed by atoms with Gasteiger partial charge in [0, 0.05) is 38.1 Å². The van der Waals surface area contributed by atoms with Crippen LogP contribution in [0.1, 0.15) is 25.7 Å². The van der Waals surface area contributed by atoms with Crippen LogP contribution in [0, 0.1) is 5.92 Å². The predicted octanol–water partition coefficient (Wildman–Crippen LogP) is 1.21. The molecule has 2 aliphatic heterocycles. The summed E-state index contributed by atoms with van der Waals surface area (Å²) in [5.41, 5.74) is 0. The molecule has 0 aromatic heterocycles. The van der Waals surface area contributed by atoms with Crippen LogP contribution in [-0.2, 0) is 10.2 Å². The Balaban J connectivity index is 2.02. The number of alkyl halides is 1. The average molecular weight is 324 g/mol. The topological polar surface area (TPSA) is 43.9 Å². The maximum absolute atomic E-state index is 12.8. The van der Waals surface area contributed by atoms with E-state index >= 15 is 0 Å². The van der Waals surface area contributed by atoms with Crippen molar-refractivity contribution in [2.45, 2.75) is 31.7 Å². The molecule has 2 aliphatic rings. The Hall–Kier alpha value is 0.120. The van der Waals surface area contributed by atoms with E-state index in [1.807, 2.05) is 14.1 Å². The molecule has 0 aliphatic carbocycles. The smallest absolute Gasteiger partial charge is 0.282 e. The summed E-state index contributed by atoms with van der Waals surface area (Å²) >= 11 is 5.87. The molecule has 0 bridgehead atoms. The van der Waals surface area contributed by atoms with E-state index in [-0.39, 0.29) is 6.04 Å². The molecule has 1 atom stereocenters. The fourth-order valence-electron chi connectivity index (χ4n) is 3.16. The Morgan fingerprint density at radius 1 is 1.15 bits per heavy atom. The molecule has 20 heavy (non-hydrogen) atoms. The fourth-order valence-corrected chi connectivity index (χ4v) is 5.35. The third kappa shape index (κ3) is 3.65. The standard InChI is InChI=1S/C13H26ClN3O2S/c1-15(2)11-13-4-3-7-17(13)20(18,19)16-8-5-12(10-14)6-9-16/h12-13H,3-11H2,1-2H3. The molecular weight excluding hydrogens is 298 g/mol. The molecule has 0 amide bonds. The number of piperidine rings is 1. The zero-order valence-electron chi connectivity index (χ0n) is 12.5. The second kappa shape index (κ2) is 6.92. The number of halogens is 1. The predicted molar refractivity (Wildman–Crippen MR) is 82.2 cm³/mol. The summed E-state index contributed by atoms with van der Waals surface area (Å²) in [6.45, 7) is 2.70. The Morgan fingerprint density at radius 2 is 1.80 bits per heavy atom. The number of hydrogen-bond acceptors (Lipinski definition) is 3. The summed E-state index contributed by atoms with van der Waals surface area (Å²) in [6.07, 6.45) is 3.70. The zero-order chi connectivity index (χ0) is 14.8. The molecule has 0 aromatic carbocycles. The first-order valence-electron chi connectivity index (χ1n) is 7.42. The molecule has 7 heteroatoms. The van der Waals surface area contributed by atoms with Gasteiger partial charge in [0.05, 0.1) is 0 Å². The van der Waals surface area contributed by atoms with Crippen molar-refractivity contribution in [2.75, 3.05) is 46.2 Å². The Kier molecular flexibility index (Phi) is 5.71. The highest BCUT2D eigenvalue weighted by atomic mass is 35.5. The maximum Gasteiger partial charge on any atom is 0.282 e. The van der Waals surface area contributed by atoms with Crippen LogP contribution >= 0.6 is 11.6 Å². The van der Waals surface area contributed by atoms with Gasteiger partial charge >= 0.3 is 0 Å². The van der Waals surface area contributed by atoms with Gasteiger partial charge in [-0.3, -0.25) is 0 Å². The van der Waals surface area contributed by atoms with Gasteiger partial charge in [-0.2, -0.15) is 17.0 Å². The molecule has 118 valence electrons. The van der Waals surface area contributed by atoms with Crippen molar-refractivity contribution in [3.05, 3.63) is 0 Å². The molecule has 2 fully saturated rings. The number of nitrogens with zero attached hydrogens (tertiary/aromatic N) is 3. The minimum atomic E-state index is -3.29. The van der Waals surface area contributed by atoms with E-state index < -0.39 is 10.2 Å². The summed E-state index contributed by atoms with van der Waals surface area (Å²) in [5.74, 6) is 1.11. The van der Waals surface area contributed by atoms with Gasteiger partial charge in [-0.05, 0) is 45.7 Å². The first kappa shape index (κ1) is 16.5. The number of hydrogen-bond donors (Lipinski definition) is 0. The van der Waals surface area contributed by atoms with E-state index in [0.717, 1.165) is 32.2 Å². The molecule has 0 N–H and O–H groups in total.